The van der Waals surface area contributed by atoms with Crippen molar-refractivity contribution in [3.63, 3.8) is 0 Å². The summed E-state index contributed by atoms with van der Waals surface area (Å²) >= 11 is 4.70. The second-order valence-corrected chi connectivity index (χ2v) is 9.37. The summed E-state index contributed by atoms with van der Waals surface area (Å²) < 4.78 is 29.6. The van der Waals surface area contributed by atoms with E-state index in [0.717, 1.165) is 11.1 Å². The van der Waals surface area contributed by atoms with Gasteiger partial charge in [0.25, 0.3) is 10.1 Å². The summed E-state index contributed by atoms with van der Waals surface area (Å²) in [4.78, 5) is -0.0666. The van der Waals surface area contributed by atoms with E-state index >= 15 is 0 Å². The van der Waals surface area contributed by atoms with Crippen LogP contribution in [-0.2, 0) is 15.5 Å². The highest BCUT2D eigenvalue weighted by Crippen LogP contribution is 2.40. The number of aryl methyl sites for hydroxylation is 1. The van der Waals surface area contributed by atoms with Gasteiger partial charge in [0.1, 0.15) is 5.75 Å². The van der Waals surface area contributed by atoms with Crippen molar-refractivity contribution in [3.8, 4) is 5.75 Å². The zero-order valence-corrected chi connectivity index (χ0v) is 19.9. The summed E-state index contributed by atoms with van der Waals surface area (Å²) in [6.07, 6.45) is 0. The Morgan fingerprint density at radius 3 is 1.52 bits per heavy atom. The normalized spacial score (nSPS) is 11.4. The minimum atomic E-state index is -4.02. The van der Waals surface area contributed by atoms with Crippen LogP contribution in [0.4, 0.5) is 0 Å². The van der Waals surface area contributed by atoms with Crippen LogP contribution in [0.2, 0.25) is 0 Å². The molecule has 0 fully saturated rings. The summed E-state index contributed by atoms with van der Waals surface area (Å²) in [5.41, 5.74) is 4.14. The summed E-state index contributed by atoms with van der Waals surface area (Å²) in [5.74, 6) is 0.921. The maximum Gasteiger partial charge on any atom is 0.294 e. The van der Waals surface area contributed by atoms with Crippen LogP contribution < -0.4 is 0 Å². The molecule has 4 aromatic carbocycles. The number of hydrogen-bond acceptors (Lipinski definition) is 4. The maximum absolute atomic E-state index is 10.5. The second-order valence-electron chi connectivity index (χ2n) is 7.63. The third-order valence-corrected chi connectivity index (χ3v) is 6.79. The molecule has 4 aromatic rings. The highest BCUT2D eigenvalue weighted by atomic mass is 32.2. The molecule has 0 radical (unpaired) electrons. The fourth-order valence-corrected chi connectivity index (χ4v) is 4.70. The Balaban J connectivity index is 0.000000235. The number of aromatic hydroxyl groups is 1. The Labute approximate surface area is 200 Å². The number of phenols is 1. The first kappa shape index (κ1) is 24.6. The second kappa shape index (κ2) is 10.7. The van der Waals surface area contributed by atoms with Crippen LogP contribution in [0.1, 0.15) is 22.3 Å². The molecular formula is C27H26O4S2. The standard InChI is InChI=1S/C20H18OS.C7H8O3S/c21-19-13-11-18(12-14-19)20(15-22,16-7-3-1-4-8-16)17-9-5-2-6-10-17;1-6-2-4-7(5-3-6)11(8,9)10/h1-14,21-22H,15H2;2-5H,1H3,(H,8,9,10). The lowest BCUT2D eigenvalue weighted by molar-refractivity contribution is 0.474. The number of phenolic OH excluding ortho intramolecular Hbond substituents is 1. The predicted octanol–water partition coefficient (Wildman–Crippen LogP) is 5.90. The summed E-state index contributed by atoms with van der Waals surface area (Å²) in [5, 5.41) is 9.62. The van der Waals surface area contributed by atoms with E-state index in [-0.39, 0.29) is 16.1 Å². The fraction of sp³-hybridized carbons (Fsp3) is 0.111. The van der Waals surface area contributed by atoms with Crippen molar-refractivity contribution in [2.75, 3.05) is 5.75 Å². The van der Waals surface area contributed by atoms with Gasteiger partial charge < -0.3 is 5.11 Å². The highest BCUT2D eigenvalue weighted by Gasteiger charge is 2.34. The molecule has 0 heterocycles. The van der Waals surface area contributed by atoms with Crippen molar-refractivity contribution in [1.82, 2.24) is 0 Å². The number of rotatable bonds is 5. The first-order valence-corrected chi connectivity index (χ1v) is 12.4. The van der Waals surface area contributed by atoms with Crippen LogP contribution in [0.5, 0.6) is 5.75 Å². The number of hydrogen-bond donors (Lipinski definition) is 3. The van der Waals surface area contributed by atoms with Crippen molar-refractivity contribution in [1.29, 1.82) is 0 Å². The molecule has 0 spiro atoms. The molecule has 0 aliphatic heterocycles. The quantitative estimate of drug-likeness (QED) is 0.190. The van der Waals surface area contributed by atoms with Gasteiger partial charge in [-0.2, -0.15) is 21.0 Å². The van der Waals surface area contributed by atoms with Crippen molar-refractivity contribution < 1.29 is 18.1 Å². The maximum atomic E-state index is 10.5. The van der Waals surface area contributed by atoms with Gasteiger partial charge >= 0.3 is 0 Å². The molecule has 4 rings (SSSR count). The SMILES string of the molecule is Cc1ccc(S(=O)(=O)O)cc1.Oc1ccc(C(CS)(c2ccccc2)c2ccccc2)cc1. The Morgan fingerprint density at radius 1 is 0.697 bits per heavy atom. The largest absolute Gasteiger partial charge is 0.508 e. The fourth-order valence-electron chi connectivity index (χ4n) is 3.68. The van der Waals surface area contributed by atoms with Gasteiger partial charge in [0.15, 0.2) is 0 Å². The monoisotopic (exact) mass is 478 g/mol. The molecule has 0 saturated carbocycles. The Morgan fingerprint density at radius 2 is 1.12 bits per heavy atom. The lowest BCUT2D eigenvalue weighted by Gasteiger charge is -2.34. The molecule has 0 unspecified atom stereocenters. The third-order valence-electron chi connectivity index (χ3n) is 5.45. The minimum Gasteiger partial charge on any atom is -0.508 e. The van der Waals surface area contributed by atoms with Gasteiger partial charge in [0.05, 0.1) is 10.3 Å². The zero-order chi connectivity index (χ0) is 23.9. The molecule has 6 heteroatoms. The topological polar surface area (TPSA) is 74.6 Å². The zero-order valence-electron chi connectivity index (χ0n) is 18.2. The number of benzene rings is 4. The molecule has 170 valence electrons. The van der Waals surface area contributed by atoms with Crippen molar-refractivity contribution in [2.24, 2.45) is 0 Å². The Kier molecular flexibility index (Phi) is 7.97. The summed E-state index contributed by atoms with van der Waals surface area (Å²) in [7, 11) is -4.02. The number of thiol groups is 1. The third kappa shape index (κ3) is 5.85. The van der Waals surface area contributed by atoms with E-state index in [1.54, 1.807) is 24.3 Å². The molecule has 0 aliphatic rings. The Hall–Kier alpha value is -3.06. The van der Waals surface area contributed by atoms with E-state index in [1.165, 1.54) is 23.3 Å². The lowest BCUT2D eigenvalue weighted by atomic mass is 9.71. The minimum absolute atomic E-state index is 0.0666. The molecule has 0 aliphatic carbocycles. The van der Waals surface area contributed by atoms with Gasteiger partial charge in [-0.3, -0.25) is 4.55 Å². The van der Waals surface area contributed by atoms with E-state index < -0.39 is 10.1 Å². The van der Waals surface area contributed by atoms with Gasteiger partial charge in [0, 0.05) is 5.75 Å². The van der Waals surface area contributed by atoms with E-state index in [4.69, 9.17) is 17.2 Å². The van der Waals surface area contributed by atoms with Crippen LogP contribution in [0.15, 0.2) is 114 Å². The molecule has 0 aromatic heterocycles. The molecule has 0 atom stereocenters. The molecule has 0 amide bonds. The smallest absolute Gasteiger partial charge is 0.294 e. The average Bonchev–Trinajstić information content (AvgIpc) is 2.83. The summed E-state index contributed by atoms with van der Waals surface area (Å²) in [6.45, 7) is 1.84. The first-order chi connectivity index (χ1) is 15.8. The van der Waals surface area contributed by atoms with E-state index in [1.807, 2.05) is 31.2 Å². The first-order valence-electron chi connectivity index (χ1n) is 10.3. The van der Waals surface area contributed by atoms with E-state index in [9.17, 15) is 13.5 Å². The van der Waals surface area contributed by atoms with E-state index in [2.05, 4.69) is 48.5 Å². The average molecular weight is 479 g/mol. The van der Waals surface area contributed by atoms with Crippen molar-refractivity contribution in [3.05, 3.63) is 131 Å². The molecule has 33 heavy (non-hydrogen) atoms. The van der Waals surface area contributed by atoms with Gasteiger partial charge in [-0.15, -0.1) is 0 Å². The van der Waals surface area contributed by atoms with Gasteiger partial charge in [-0.1, -0.05) is 90.5 Å². The highest BCUT2D eigenvalue weighted by molar-refractivity contribution is 7.85. The van der Waals surface area contributed by atoms with Crippen LogP contribution in [-0.4, -0.2) is 23.8 Å². The van der Waals surface area contributed by atoms with Crippen LogP contribution in [0.25, 0.3) is 0 Å². The van der Waals surface area contributed by atoms with Gasteiger partial charge in [0.2, 0.25) is 0 Å². The predicted molar refractivity (Wildman–Crippen MR) is 136 cm³/mol. The van der Waals surface area contributed by atoms with Crippen LogP contribution in [0, 0.1) is 6.92 Å². The van der Waals surface area contributed by atoms with Crippen molar-refractivity contribution >= 4 is 22.7 Å². The van der Waals surface area contributed by atoms with Gasteiger partial charge in [-0.25, -0.2) is 0 Å². The van der Waals surface area contributed by atoms with Gasteiger partial charge in [-0.05, 0) is 47.9 Å². The van der Waals surface area contributed by atoms with Crippen LogP contribution >= 0.6 is 12.6 Å². The molecule has 0 saturated heterocycles. The van der Waals surface area contributed by atoms with E-state index in [0.29, 0.717) is 5.75 Å². The Bertz CT molecular complexity index is 1210. The molecular weight excluding hydrogens is 452 g/mol. The molecule has 0 bridgehead atoms. The van der Waals surface area contributed by atoms with Crippen molar-refractivity contribution in [2.45, 2.75) is 17.2 Å². The molecule has 2 N–H and O–H groups in total. The molecule has 4 nitrogen and oxygen atoms in total. The van der Waals surface area contributed by atoms with Crippen LogP contribution in [0.3, 0.4) is 0 Å². The summed E-state index contributed by atoms with van der Waals surface area (Å²) in [6, 6.07) is 34.2. The lowest BCUT2D eigenvalue weighted by Crippen LogP contribution is -2.31.